The van der Waals surface area contributed by atoms with Gasteiger partial charge in [-0.05, 0) is 11.6 Å². The highest BCUT2D eigenvalue weighted by Crippen LogP contribution is 2.29. The van der Waals surface area contributed by atoms with E-state index in [0.29, 0.717) is 6.20 Å². The Kier molecular flexibility index (Phi) is 3.33. The van der Waals surface area contributed by atoms with Crippen molar-refractivity contribution in [1.82, 2.24) is 4.98 Å². The van der Waals surface area contributed by atoms with Gasteiger partial charge < -0.3 is 4.98 Å². The summed E-state index contributed by atoms with van der Waals surface area (Å²) in [5.41, 5.74) is -4.60. The molecule has 6 nitrogen and oxygen atoms in total. The number of aromatic nitrogens is 1. The zero-order valence-corrected chi connectivity index (χ0v) is 8.12. The van der Waals surface area contributed by atoms with Gasteiger partial charge in [-0.15, -0.1) is 0 Å². The van der Waals surface area contributed by atoms with Crippen LogP contribution in [0.15, 0.2) is 11.0 Å². The van der Waals surface area contributed by atoms with Gasteiger partial charge in [0, 0.05) is 6.20 Å². The number of nitrogens with one attached hydrogen (secondary N) is 1. The zero-order chi connectivity index (χ0) is 12.5. The van der Waals surface area contributed by atoms with Crippen molar-refractivity contribution in [2.75, 3.05) is 0 Å². The van der Waals surface area contributed by atoms with Crippen molar-refractivity contribution in [1.29, 1.82) is 0 Å². The molecule has 0 amide bonds. The van der Waals surface area contributed by atoms with Gasteiger partial charge in [0.2, 0.25) is 0 Å². The number of H-pyrrole nitrogens is 1. The van der Waals surface area contributed by atoms with Crippen LogP contribution in [0.1, 0.15) is 22.3 Å². The summed E-state index contributed by atoms with van der Waals surface area (Å²) in [6.07, 6.45) is -2.72. The lowest BCUT2D eigenvalue weighted by Gasteiger charge is -2.03. The van der Waals surface area contributed by atoms with Crippen LogP contribution in [0.25, 0.3) is 0 Å². The van der Waals surface area contributed by atoms with Crippen LogP contribution in [-0.4, -0.2) is 15.1 Å². The highest BCUT2D eigenvalue weighted by atomic mass is 35.5. The average molecular weight is 253 g/mol. The van der Waals surface area contributed by atoms with E-state index in [4.69, 9.17) is 11.6 Å². The number of hydrogen-bond donors (Lipinski definition) is 1. The number of carbonyl (C=O) groups excluding carboxylic acids is 1. The van der Waals surface area contributed by atoms with E-state index >= 15 is 0 Å². The molecule has 1 aromatic rings. The fourth-order valence-electron chi connectivity index (χ4n) is 1.08. The van der Waals surface area contributed by atoms with Crippen LogP contribution in [0.5, 0.6) is 0 Å². The molecule has 0 spiro atoms. The molecule has 16 heavy (non-hydrogen) atoms. The van der Waals surface area contributed by atoms with Crippen LogP contribution < -0.4 is 5.56 Å². The maximum absolute atomic E-state index is 12.4. The lowest BCUT2D eigenvalue weighted by atomic mass is 10.1. The smallest absolute Gasteiger partial charge is 0.297 e. The summed E-state index contributed by atoms with van der Waals surface area (Å²) >= 11 is 4.93. The summed E-state index contributed by atoms with van der Waals surface area (Å²) in [5.74, 6) is 0. The van der Waals surface area contributed by atoms with Crippen LogP contribution in [0.4, 0.5) is 14.5 Å². The molecular formula is C7H3ClF2N2O4. The minimum Gasteiger partial charge on any atom is -0.327 e. The van der Waals surface area contributed by atoms with E-state index in [1.165, 1.54) is 0 Å². The van der Waals surface area contributed by atoms with Gasteiger partial charge in [-0.1, -0.05) is 0 Å². The molecular weight excluding hydrogens is 250 g/mol. The Morgan fingerprint density at radius 3 is 2.50 bits per heavy atom. The number of pyridine rings is 1. The Bertz CT molecular complexity index is 514. The normalized spacial score (nSPS) is 10.5. The van der Waals surface area contributed by atoms with Gasteiger partial charge in [-0.25, -0.2) is 8.78 Å². The molecule has 0 bridgehead atoms. The Morgan fingerprint density at radius 1 is 1.56 bits per heavy atom. The summed E-state index contributed by atoms with van der Waals surface area (Å²) in [4.78, 5) is 32.9. The van der Waals surface area contributed by atoms with Crippen LogP contribution in [-0.2, 0) is 0 Å². The zero-order valence-electron chi connectivity index (χ0n) is 7.37. The second kappa shape index (κ2) is 4.35. The van der Waals surface area contributed by atoms with Crippen LogP contribution in [0.3, 0.4) is 0 Å². The number of alkyl halides is 2. The molecule has 9 heteroatoms. The topological polar surface area (TPSA) is 93.1 Å². The molecule has 0 aliphatic heterocycles. The summed E-state index contributed by atoms with van der Waals surface area (Å²) in [6.45, 7) is 0. The van der Waals surface area contributed by atoms with E-state index in [0.717, 1.165) is 0 Å². The molecule has 0 aromatic carbocycles. The molecule has 86 valence electrons. The number of rotatable bonds is 3. The predicted octanol–water partition coefficient (Wildman–Crippen LogP) is 1.60. The van der Waals surface area contributed by atoms with Gasteiger partial charge in [0.05, 0.1) is 4.92 Å². The van der Waals surface area contributed by atoms with Crippen molar-refractivity contribution in [3.63, 3.8) is 0 Å². The van der Waals surface area contributed by atoms with Gasteiger partial charge in [0.25, 0.3) is 22.9 Å². The van der Waals surface area contributed by atoms with Crippen molar-refractivity contribution >= 4 is 22.5 Å². The van der Waals surface area contributed by atoms with Crippen LogP contribution >= 0.6 is 11.6 Å². The standard InChI is InChI=1S/C7H3ClF2N2O4/c8-5(13)3-4(12(15)16)2(6(9)10)1-11-7(3)14/h1,6H,(H,11,14). The van der Waals surface area contributed by atoms with Crippen molar-refractivity contribution < 1.29 is 18.5 Å². The van der Waals surface area contributed by atoms with E-state index in [2.05, 4.69) is 0 Å². The molecule has 1 heterocycles. The number of aromatic amines is 1. The first-order chi connectivity index (χ1) is 7.36. The third kappa shape index (κ3) is 2.06. The molecule has 0 atom stereocenters. The minimum absolute atomic E-state index is 0.481. The minimum atomic E-state index is -3.20. The molecule has 0 aliphatic rings. The number of nitrogens with zero attached hydrogens (tertiary/aromatic N) is 1. The Balaban J connectivity index is 3.70. The third-order valence-electron chi connectivity index (χ3n) is 1.71. The highest BCUT2D eigenvalue weighted by molar-refractivity contribution is 6.68. The van der Waals surface area contributed by atoms with Gasteiger partial charge in [-0.3, -0.25) is 19.7 Å². The van der Waals surface area contributed by atoms with Gasteiger partial charge in [-0.2, -0.15) is 0 Å². The summed E-state index contributed by atoms with van der Waals surface area (Å²) < 4.78 is 24.8. The highest BCUT2D eigenvalue weighted by Gasteiger charge is 2.31. The number of halogens is 3. The van der Waals surface area contributed by atoms with Gasteiger partial charge in [0.1, 0.15) is 5.56 Å². The number of hydrogen-bond acceptors (Lipinski definition) is 4. The first kappa shape index (κ1) is 12.2. The van der Waals surface area contributed by atoms with E-state index in [1.54, 1.807) is 4.98 Å². The Hall–Kier alpha value is -1.83. The monoisotopic (exact) mass is 252 g/mol. The largest absolute Gasteiger partial charge is 0.327 e. The first-order valence-corrected chi connectivity index (χ1v) is 4.12. The molecule has 0 aliphatic carbocycles. The first-order valence-electron chi connectivity index (χ1n) is 3.74. The van der Waals surface area contributed by atoms with E-state index < -0.39 is 39.0 Å². The Morgan fingerprint density at radius 2 is 2.12 bits per heavy atom. The summed E-state index contributed by atoms with van der Waals surface area (Å²) in [7, 11) is 0. The summed E-state index contributed by atoms with van der Waals surface area (Å²) in [5, 5.41) is 9.05. The molecule has 0 fully saturated rings. The quantitative estimate of drug-likeness (QED) is 0.502. The fraction of sp³-hybridized carbons (Fsp3) is 0.143. The van der Waals surface area contributed by atoms with Crippen LogP contribution in [0.2, 0.25) is 0 Å². The average Bonchev–Trinajstić information content (AvgIpc) is 2.15. The molecule has 1 N–H and O–H groups in total. The molecule has 0 saturated carbocycles. The lowest BCUT2D eigenvalue weighted by molar-refractivity contribution is -0.386. The molecule has 0 saturated heterocycles. The predicted molar refractivity (Wildman–Crippen MR) is 48.9 cm³/mol. The summed E-state index contributed by atoms with van der Waals surface area (Å²) in [6, 6.07) is 0. The third-order valence-corrected chi connectivity index (χ3v) is 1.90. The molecule has 0 radical (unpaired) electrons. The lowest BCUT2D eigenvalue weighted by Crippen LogP contribution is -2.19. The maximum Gasteiger partial charge on any atom is 0.297 e. The van der Waals surface area contributed by atoms with Crippen molar-refractivity contribution in [3.8, 4) is 0 Å². The Labute approximate surface area is 91.0 Å². The molecule has 1 aromatic heterocycles. The van der Waals surface area contributed by atoms with Gasteiger partial charge in [0.15, 0.2) is 5.56 Å². The van der Waals surface area contributed by atoms with E-state index in [9.17, 15) is 28.5 Å². The van der Waals surface area contributed by atoms with Crippen molar-refractivity contribution in [2.45, 2.75) is 6.43 Å². The fourth-order valence-corrected chi connectivity index (χ4v) is 1.26. The van der Waals surface area contributed by atoms with Crippen molar-refractivity contribution in [3.05, 3.63) is 37.8 Å². The number of carbonyl (C=O) groups is 1. The SMILES string of the molecule is O=C(Cl)c1c([N+](=O)[O-])c(C(F)F)c[nH]c1=O. The van der Waals surface area contributed by atoms with Gasteiger partial charge >= 0.3 is 0 Å². The van der Waals surface area contributed by atoms with E-state index in [-0.39, 0.29) is 0 Å². The maximum atomic E-state index is 12.4. The van der Waals surface area contributed by atoms with E-state index in [1.807, 2.05) is 0 Å². The number of nitro groups is 1. The molecule has 0 unspecified atom stereocenters. The van der Waals surface area contributed by atoms with Crippen LogP contribution in [0, 0.1) is 10.1 Å². The second-order valence-corrected chi connectivity index (χ2v) is 2.97. The van der Waals surface area contributed by atoms with Crippen molar-refractivity contribution in [2.24, 2.45) is 0 Å². The second-order valence-electron chi connectivity index (χ2n) is 2.63. The molecule has 1 rings (SSSR count).